The highest BCUT2D eigenvalue weighted by Crippen LogP contribution is 2.32. The molecule has 3 aromatic rings. The molecule has 1 aliphatic rings. The molecule has 0 bridgehead atoms. The number of rotatable bonds is 4. The second-order valence-corrected chi connectivity index (χ2v) is 8.01. The van der Waals surface area contributed by atoms with E-state index in [0.717, 1.165) is 51.7 Å². The van der Waals surface area contributed by atoms with Gasteiger partial charge in [0.1, 0.15) is 5.82 Å². The molecule has 1 saturated heterocycles. The Morgan fingerprint density at radius 3 is 3.04 bits per heavy atom. The van der Waals surface area contributed by atoms with Crippen molar-refractivity contribution >= 4 is 44.7 Å². The molecule has 0 saturated carbocycles. The summed E-state index contributed by atoms with van der Waals surface area (Å²) in [7, 11) is 1.87. The number of nitrogens with one attached hydrogen (secondary N) is 2. The van der Waals surface area contributed by atoms with E-state index >= 15 is 0 Å². The molecule has 0 spiro atoms. The molecule has 0 radical (unpaired) electrons. The molecule has 146 valence electrons. The molecule has 28 heavy (non-hydrogen) atoms. The Bertz CT molecular complexity index is 975. The number of halogens is 1. The largest absolute Gasteiger partial charge is 0.366 e. The first-order valence-corrected chi connectivity index (χ1v) is 10.5. The number of pyridine rings is 1. The summed E-state index contributed by atoms with van der Waals surface area (Å²) in [6, 6.07) is 6.23. The van der Waals surface area contributed by atoms with E-state index < -0.39 is 0 Å². The van der Waals surface area contributed by atoms with Gasteiger partial charge in [-0.2, -0.15) is 9.61 Å². The first kappa shape index (κ1) is 19.1. The van der Waals surface area contributed by atoms with Gasteiger partial charge in [0, 0.05) is 38.6 Å². The number of likely N-dealkylation sites (tertiary alicyclic amines) is 1. The predicted octanol–water partition coefficient (Wildman–Crippen LogP) is 3.53. The van der Waals surface area contributed by atoms with E-state index in [2.05, 4.69) is 47.6 Å². The second-order valence-electron chi connectivity index (χ2n) is 6.77. The van der Waals surface area contributed by atoms with Crippen molar-refractivity contribution < 1.29 is 0 Å². The summed E-state index contributed by atoms with van der Waals surface area (Å²) >= 11 is 9.12. The maximum Gasteiger partial charge on any atom is 0.171 e. The van der Waals surface area contributed by atoms with Gasteiger partial charge < -0.3 is 15.5 Å². The van der Waals surface area contributed by atoms with Crippen LogP contribution in [0.25, 0.3) is 5.65 Å². The first-order valence-electron chi connectivity index (χ1n) is 9.32. The summed E-state index contributed by atoms with van der Waals surface area (Å²) in [5.41, 5.74) is 2.91. The van der Waals surface area contributed by atoms with Crippen LogP contribution in [0, 0.1) is 0 Å². The van der Waals surface area contributed by atoms with Crippen LogP contribution in [0.2, 0.25) is 0 Å². The number of piperidine rings is 1. The maximum absolute atomic E-state index is 5.54. The number of aromatic nitrogens is 4. The van der Waals surface area contributed by atoms with Crippen molar-refractivity contribution in [1.29, 1.82) is 0 Å². The van der Waals surface area contributed by atoms with E-state index in [-0.39, 0.29) is 6.04 Å². The van der Waals surface area contributed by atoms with E-state index in [0.29, 0.717) is 6.54 Å². The molecule has 9 heteroatoms. The zero-order valence-corrected chi connectivity index (χ0v) is 18.0. The van der Waals surface area contributed by atoms with Crippen molar-refractivity contribution in [3.63, 3.8) is 0 Å². The van der Waals surface area contributed by atoms with Crippen molar-refractivity contribution in [1.82, 2.24) is 29.8 Å². The van der Waals surface area contributed by atoms with Gasteiger partial charge in [-0.05, 0) is 59.0 Å². The van der Waals surface area contributed by atoms with E-state index in [1.165, 1.54) is 6.42 Å². The number of fused-ring (bicyclic) bond motifs is 1. The van der Waals surface area contributed by atoms with E-state index in [1.54, 1.807) is 12.4 Å². The third-order valence-electron chi connectivity index (χ3n) is 4.96. The predicted molar refractivity (Wildman–Crippen MR) is 117 cm³/mol. The fraction of sp³-hybridized carbons (Fsp3) is 0.368. The average molecular weight is 460 g/mol. The van der Waals surface area contributed by atoms with Crippen molar-refractivity contribution in [2.75, 3.05) is 18.9 Å². The highest BCUT2D eigenvalue weighted by molar-refractivity contribution is 9.10. The van der Waals surface area contributed by atoms with Gasteiger partial charge in [0.15, 0.2) is 10.8 Å². The first-order chi connectivity index (χ1) is 13.7. The minimum Gasteiger partial charge on any atom is -0.366 e. The second kappa shape index (κ2) is 8.40. The Balaban J connectivity index is 1.70. The number of hydrogen-bond acceptors (Lipinski definition) is 5. The fourth-order valence-corrected chi connectivity index (χ4v) is 4.14. The summed E-state index contributed by atoms with van der Waals surface area (Å²) in [6.07, 6.45) is 8.75. The summed E-state index contributed by atoms with van der Waals surface area (Å²) in [5, 5.41) is 11.8. The smallest absolute Gasteiger partial charge is 0.171 e. The van der Waals surface area contributed by atoms with Crippen LogP contribution in [0.1, 0.15) is 36.6 Å². The normalized spacial score (nSPS) is 16.9. The van der Waals surface area contributed by atoms with Crippen LogP contribution in [0.5, 0.6) is 0 Å². The Kier molecular flexibility index (Phi) is 5.72. The van der Waals surface area contributed by atoms with E-state index in [9.17, 15) is 0 Å². The zero-order chi connectivity index (χ0) is 19.5. The summed E-state index contributed by atoms with van der Waals surface area (Å²) in [5.74, 6) is 0.899. The van der Waals surface area contributed by atoms with Crippen LogP contribution in [-0.4, -0.2) is 43.2 Å². The van der Waals surface area contributed by atoms with Crippen LogP contribution >= 0.6 is 28.1 Å². The van der Waals surface area contributed by atoms with E-state index in [1.807, 2.05) is 29.9 Å². The van der Waals surface area contributed by atoms with Gasteiger partial charge in [0.25, 0.3) is 0 Å². The van der Waals surface area contributed by atoms with Gasteiger partial charge >= 0.3 is 0 Å². The molecule has 1 fully saturated rings. The third-order valence-corrected chi connectivity index (χ3v) is 5.96. The molecular formula is C19H22BrN7S. The van der Waals surface area contributed by atoms with Crippen LogP contribution < -0.4 is 10.6 Å². The van der Waals surface area contributed by atoms with Gasteiger partial charge in [-0.15, -0.1) is 0 Å². The molecule has 4 heterocycles. The fourth-order valence-electron chi connectivity index (χ4n) is 3.57. The summed E-state index contributed by atoms with van der Waals surface area (Å²) in [6.45, 7) is 1.60. The average Bonchev–Trinajstić information content (AvgIpc) is 3.13. The lowest BCUT2D eigenvalue weighted by molar-refractivity contribution is 0.239. The van der Waals surface area contributed by atoms with Crippen LogP contribution in [0.3, 0.4) is 0 Å². The van der Waals surface area contributed by atoms with Gasteiger partial charge in [-0.3, -0.25) is 4.98 Å². The molecule has 0 amide bonds. The Morgan fingerprint density at radius 1 is 1.36 bits per heavy atom. The zero-order valence-electron chi connectivity index (χ0n) is 15.6. The monoisotopic (exact) mass is 459 g/mol. The summed E-state index contributed by atoms with van der Waals surface area (Å²) < 4.78 is 2.70. The number of nitrogens with zero attached hydrogens (tertiary/aromatic N) is 5. The van der Waals surface area contributed by atoms with Gasteiger partial charge in [-0.25, -0.2) is 4.98 Å². The highest BCUT2D eigenvalue weighted by Gasteiger charge is 2.28. The molecule has 2 N–H and O–H groups in total. The SMILES string of the molecule is CNC(=S)N1CCCCC1c1cc(NCc2cccnc2)n2ncc(Br)c2n1. The molecule has 1 aliphatic heterocycles. The van der Waals surface area contributed by atoms with Crippen molar-refractivity contribution in [2.45, 2.75) is 31.8 Å². The molecule has 0 aliphatic carbocycles. The van der Waals surface area contributed by atoms with Gasteiger partial charge in [0.05, 0.1) is 22.4 Å². The molecule has 0 aromatic carbocycles. The molecule has 3 aromatic heterocycles. The van der Waals surface area contributed by atoms with Crippen molar-refractivity contribution in [2.24, 2.45) is 0 Å². The number of hydrogen-bond donors (Lipinski definition) is 2. The third kappa shape index (κ3) is 3.81. The highest BCUT2D eigenvalue weighted by atomic mass is 79.9. The van der Waals surface area contributed by atoms with Crippen molar-refractivity contribution in [3.05, 3.63) is 52.5 Å². The Morgan fingerprint density at radius 2 is 2.25 bits per heavy atom. The minimum atomic E-state index is 0.152. The lowest BCUT2D eigenvalue weighted by Crippen LogP contribution is -2.43. The molecule has 4 rings (SSSR count). The quantitative estimate of drug-likeness (QED) is 0.578. The number of anilines is 1. The van der Waals surface area contributed by atoms with Crippen LogP contribution in [0.15, 0.2) is 41.3 Å². The number of thiocarbonyl (C=S) groups is 1. The standard InChI is InChI=1S/C19H22BrN7S/c1-21-19(28)26-8-3-2-6-16(26)15-9-17(23-11-13-5-4-7-22-10-13)27-18(25-15)14(20)12-24-27/h4-5,7,9-10,12,16,23H,2-3,6,8,11H2,1H3,(H,21,28). The molecule has 1 atom stereocenters. The lowest BCUT2D eigenvalue weighted by atomic mass is 9.99. The minimum absolute atomic E-state index is 0.152. The van der Waals surface area contributed by atoms with Gasteiger partial charge in [-0.1, -0.05) is 6.07 Å². The Hall–Kier alpha value is -2.26. The lowest BCUT2D eigenvalue weighted by Gasteiger charge is -2.37. The molecule has 7 nitrogen and oxygen atoms in total. The molecular weight excluding hydrogens is 438 g/mol. The van der Waals surface area contributed by atoms with Crippen molar-refractivity contribution in [3.8, 4) is 0 Å². The topological polar surface area (TPSA) is 70.4 Å². The maximum atomic E-state index is 5.54. The Labute approximate surface area is 177 Å². The van der Waals surface area contributed by atoms with Crippen LogP contribution in [-0.2, 0) is 6.54 Å². The van der Waals surface area contributed by atoms with E-state index in [4.69, 9.17) is 17.2 Å². The van der Waals surface area contributed by atoms with Crippen LogP contribution in [0.4, 0.5) is 5.82 Å². The van der Waals surface area contributed by atoms with Gasteiger partial charge in [0.2, 0.25) is 0 Å². The summed E-state index contributed by atoms with van der Waals surface area (Å²) in [4.78, 5) is 11.3. The molecule has 1 unspecified atom stereocenters.